The van der Waals surface area contributed by atoms with E-state index in [9.17, 15) is 5.11 Å². The van der Waals surface area contributed by atoms with Gasteiger partial charge in [0.1, 0.15) is 0 Å². The molecule has 0 saturated heterocycles. The standard InChI is InChI=1S/C14H19Cl2NO/c15-11-5-6-13(12(16)9-11)17-10-14(18)7-3-1-2-4-8-14/h5-6,9,17-18H,1-4,7-8,10H2. The number of benzene rings is 1. The fraction of sp³-hybridized carbons (Fsp3) is 0.571. The highest BCUT2D eigenvalue weighted by Gasteiger charge is 2.27. The van der Waals surface area contributed by atoms with Crippen LogP contribution in [0.25, 0.3) is 0 Å². The number of anilines is 1. The molecule has 0 unspecified atom stereocenters. The van der Waals surface area contributed by atoms with Crippen LogP contribution in [0.5, 0.6) is 0 Å². The second-order valence-electron chi connectivity index (χ2n) is 5.12. The van der Waals surface area contributed by atoms with E-state index in [1.165, 1.54) is 12.8 Å². The SMILES string of the molecule is OC1(CNc2ccc(Cl)cc2Cl)CCCCCC1. The molecule has 0 bridgehead atoms. The van der Waals surface area contributed by atoms with Crippen LogP contribution in [-0.2, 0) is 0 Å². The number of nitrogens with one attached hydrogen (secondary N) is 1. The second-order valence-corrected chi connectivity index (χ2v) is 5.96. The fourth-order valence-electron chi connectivity index (χ4n) is 2.46. The van der Waals surface area contributed by atoms with E-state index in [4.69, 9.17) is 23.2 Å². The van der Waals surface area contributed by atoms with E-state index in [2.05, 4.69) is 5.32 Å². The Morgan fingerprint density at radius 2 is 1.78 bits per heavy atom. The van der Waals surface area contributed by atoms with Crippen LogP contribution in [0.3, 0.4) is 0 Å². The van der Waals surface area contributed by atoms with Crippen molar-refractivity contribution < 1.29 is 5.11 Å². The minimum atomic E-state index is -0.598. The van der Waals surface area contributed by atoms with Crippen molar-refractivity contribution in [2.45, 2.75) is 44.1 Å². The fourth-order valence-corrected chi connectivity index (χ4v) is 2.93. The van der Waals surface area contributed by atoms with Crippen LogP contribution < -0.4 is 5.32 Å². The molecule has 0 atom stereocenters. The van der Waals surface area contributed by atoms with E-state index in [0.717, 1.165) is 31.4 Å². The van der Waals surface area contributed by atoms with Gasteiger partial charge in [-0.05, 0) is 31.0 Å². The van der Waals surface area contributed by atoms with Crippen LogP contribution in [0.2, 0.25) is 10.0 Å². The Hall–Kier alpha value is -0.440. The Labute approximate surface area is 118 Å². The Balaban J connectivity index is 1.97. The molecule has 1 saturated carbocycles. The molecule has 2 nitrogen and oxygen atoms in total. The van der Waals surface area contributed by atoms with Gasteiger partial charge in [0.15, 0.2) is 0 Å². The summed E-state index contributed by atoms with van der Waals surface area (Å²) in [5.41, 5.74) is 0.234. The number of halogens is 2. The molecule has 0 aliphatic heterocycles. The summed E-state index contributed by atoms with van der Waals surface area (Å²) in [4.78, 5) is 0. The van der Waals surface area contributed by atoms with Crippen LogP contribution >= 0.6 is 23.2 Å². The normalized spacial score (nSPS) is 19.3. The molecular weight excluding hydrogens is 269 g/mol. The van der Waals surface area contributed by atoms with Gasteiger partial charge in [-0.3, -0.25) is 0 Å². The zero-order valence-electron chi connectivity index (χ0n) is 10.4. The first kappa shape index (κ1) is 14.0. The van der Waals surface area contributed by atoms with Gasteiger partial charge in [-0.2, -0.15) is 0 Å². The van der Waals surface area contributed by atoms with Gasteiger partial charge in [0.05, 0.1) is 16.3 Å². The zero-order valence-corrected chi connectivity index (χ0v) is 11.9. The summed E-state index contributed by atoms with van der Waals surface area (Å²) < 4.78 is 0. The highest BCUT2D eigenvalue weighted by Crippen LogP contribution is 2.29. The van der Waals surface area contributed by atoms with Gasteiger partial charge >= 0.3 is 0 Å². The van der Waals surface area contributed by atoms with Crippen molar-refractivity contribution in [2.75, 3.05) is 11.9 Å². The zero-order chi connectivity index (χ0) is 13.0. The first-order valence-corrected chi connectivity index (χ1v) is 7.26. The summed E-state index contributed by atoms with van der Waals surface area (Å²) in [6, 6.07) is 5.36. The van der Waals surface area contributed by atoms with E-state index in [1.54, 1.807) is 12.1 Å². The second kappa shape index (κ2) is 6.14. The molecule has 18 heavy (non-hydrogen) atoms. The van der Waals surface area contributed by atoms with Gasteiger partial charge in [0.25, 0.3) is 0 Å². The van der Waals surface area contributed by atoms with Crippen molar-refractivity contribution in [3.63, 3.8) is 0 Å². The molecular formula is C14H19Cl2NO. The summed E-state index contributed by atoms with van der Waals surface area (Å²) in [6.07, 6.45) is 6.39. The van der Waals surface area contributed by atoms with E-state index in [0.29, 0.717) is 16.6 Å². The molecule has 0 spiro atoms. The molecule has 1 aliphatic carbocycles. The van der Waals surface area contributed by atoms with Gasteiger partial charge in [-0.15, -0.1) is 0 Å². The lowest BCUT2D eigenvalue weighted by atomic mass is 9.94. The van der Waals surface area contributed by atoms with Crippen LogP contribution in [0, 0.1) is 0 Å². The lowest BCUT2D eigenvalue weighted by Crippen LogP contribution is -2.36. The topological polar surface area (TPSA) is 32.3 Å². The molecule has 1 fully saturated rings. The quantitative estimate of drug-likeness (QED) is 0.803. The summed E-state index contributed by atoms with van der Waals surface area (Å²) in [5, 5.41) is 15.0. The minimum absolute atomic E-state index is 0.550. The maximum Gasteiger partial charge on any atom is 0.0819 e. The summed E-state index contributed by atoms with van der Waals surface area (Å²) in [6.45, 7) is 0.550. The van der Waals surface area contributed by atoms with Crippen LogP contribution in [-0.4, -0.2) is 17.3 Å². The van der Waals surface area contributed by atoms with Gasteiger partial charge in [0.2, 0.25) is 0 Å². The van der Waals surface area contributed by atoms with Gasteiger partial charge in [-0.25, -0.2) is 0 Å². The third kappa shape index (κ3) is 3.78. The van der Waals surface area contributed by atoms with Crippen LogP contribution in [0.4, 0.5) is 5.69 Å². The molecule has 0 heterocycles. The third-order valence-electron chi connectivity index (χ3n) is 3.57. The molecule has 4 heteroatoms. The summed E-state index contributed by atoms with van der Waals surface area (Å²) in [7, 11) is 0. The Bertz CT molecular complexity index is 401. The molecule has 0 aromatic heterocycles. The Morgan fingerprint density at radius 3 is 2.39 bits per heavy atom. The third-order valence-corrected chi connectivity index (χ3v) is 4.12. The molecule has 2 N–H and O–H groups in total. The predicted molar refractivity (Wildman–Crippen MR) is 77.6 cm³/mol. The van der Waals surface area contributed by atoms with Crippen molar-refractivity contribution in [3.8, 4) is 0 Å². The predicted octanol–water partition coefficient (Wildman–Crippen LogP) is 4.49. The first-order chi connectivity index (χ1) is 8.59. The highest BCUT2D eigenvalue weighted by atomic mass is 35.5. The Morgan fingerprint density at radius 1 is 1.11 bits per heavy atom. The average molecular weight is 288 g/mol. The van der Waals surface area contributed by atoms with Crippen LogP contribution in [0.1, 0.15) is 38.5 Å². The molecule has 2 rings (SSSR count). The van der Waals surface area contributed by atoms with Gasteiger partial charge in [-0.1, -0.05) is 48.9 Å². The number of rotatable bonds is 3. The molecule has 100 valence electrons. The molecule has 0 amide bonds. The van der Waals surface area contributed by atoms with E-state index < -0.39 is 5.60 Å². The number of aliphatic hydroxyl groups is 1. The van der Waals surface area contributed by atoms with E-state index >= 15 is 0 Å². The summed E-state index contributed by atoms with van der Waals surface area (Å²) >= 11 is 11.9. The Kier molecular flexibility index (Phi) is 4.77. The minimum Gasteiger partial charge on any atom is -0.388 e. The molecule has 1 aromatic carbocycles. The van der Waals surface area contributed by atoms with Gasteiger partial charge in [0, 0.05) is 11.6 Å². The first-order valence-electron chi connectivity index (χ1n) is 6.50. The maximum absolute atomic E-state index is 10.5. The molecule has 0 radical (unpaired) electrons. The monoisotopic (exact) mass is 287 g/mol. The number of hydrogen-bond donors (Lipinski definition) is 2. The van der Waals surface area contributed by atoms with Crippen molar-refractivity contribution in [3.05, 3.63) is 28.2 Å². The average Bonchev–Trinajstić information content (AvgIpc) is 2.54. The van der Waals surface area contributed by atoms with E-state index in [1.807, 2.05) is 6.07 Å². The summed E-state index contributed by atoms with van der Waals surface area (Å²) in [5.74, 6) is 0. The smallest absolute Gasteiger partial charge is 0.0819 e. The molecule has 1 aliphatic rings. The lowest BCUT2D eigenvalue weighted by molar-refractivity contribution is 0.0381. The molecule has 1 aromatic rings. The van der Waals surface area contributed by atoms with Crippen molar-refractivity contribution in [1.82, 2.24) is 0 Å². The van der Waals surface area contributed by atoms with E-state index in [-0.39, 0.29) is 0 Å². The van der Waals surface area contributed by atoms with Gasteiger partial charge < -0.3 is 10.4 Å². The largest absolute Gasteiger partial charge is 0.388 e. The number of hydrogen-bond acceptors (Lipinski definition) is 2. The van der Waals surface area contributed by atoms with Crippen molar-refractivity contribution in [2.24, 2.45) is 0 Å². The lowest BCUT2D eigenvalue weighted by Gasteiger charge is -2.27. The van der Waals surface area contributed by atoms with Crippen LogP contribution in [0.15, 0.2) is 18.2 Å². The maximum atomic E-state index is 10.5. The van der Waals surface area contributed by atoms with Crippen molar-refractivity contribution >= 4 is 28.9 Å². The van der Waals surface area contributed by atoms with Crippen molar-refractivity contribution in [1.29, 1.82) is 0 Å². The highest BCUT2D eigenvalue weighted by molar-refractivity contribution is 6.36.